The van der Waals surface area contributed by atoms with Gasteiger partial charge < -0.3 is 57.2 Å². The number of aromatic nitrogens is 3. The summed E-state index contributed by atoms with van der Waals surface area (Å²) in [5, 5.41) is 0. The molecule has 0 unspecified atom stereocenters. The van der Waals surface area contributed by atoms with Gasteiger partial charge in [-0.1, -0.05) is 30.3 Å². The first-order chi connectivity index (χ1) is 23.9. The molecule has 0 bridgehead atoms. The fourth-order valence-electron chi connectivity index (χ4n) is 4.64. The Morgan fingerprint density at radius 3 is 0.896 bits per heavy atom. The summed E-state index contributed by atoms with van der Waals surface area (Å²) in [5.74, 6) is 1.65. The highest BCUT2D eigenvalue weighted by molar-refractivity contribution is 5.58. The van der Waals surface area contributed by atoms with Crippen molar-refractivity contribution in [1.82, 2.24) is 15.0 Å². The topological polar surface area (TPSA) is 137 Å². The van der Waals surface area contributed by atoms with Gasteiger partial charge in [0, 0.05) is 31.7 Å². The van der Waals surface area contributed by atoms with E-state index in [9.17, 15) is 0 Å². The molecule has 48 heavy (non-hydrogen) atoms. The smallest absolute Gasteiger partial charge is 0.230 e. The van der Waals surface area contributed by atoms with Crippen LogP contribution >= 0.6 is 0 Å². The van der Waals surface area contributed by atoms with Crippen LogP contribution < -0.4 is 9.80 Å². The maximum Gasteiger partial charge on any atom is 0.230 e. The van der Waals surface area contributed by atoms with Crippen LogP contribution in [0.25, 0.3) is 11.4 Å². The highest BCUT2D eigenvalue weighted by atomic mass is 16.6. The zero-order chi connectivity index (χ0) is 33.2. The van der Waals surface area contributed by atoms with Gasteiger partial charge in [-0.2, -0.15) is 15.0 Å². The lowest BCUT2D eigenvalue weighted by molar-refractivity contribution is -0.0117. The SMILES string of the molecule is c1ccc(-c2nc(N3CCOCCOCCOCCOCCOCC3)nc(N3CCOCCOCCOCCOCCOCC3)n2)cc1. The minimum Gasteiger partial charge on any atom is -0.377 e. The van der Waals surface area contributed by atoms with Crippen molar-refractivity contribution in [3.05, 3.63) is 30.3 Å². The van der Waals surface area contributed by atoms with Crippen LogP contribution in [0.4, 0.5) is 11.9 Å². The molecule has 4 rings (SSSR count). The number of nitrogens with zero attached hydrogens (tertiary/aromatic N) is 5. The molecule has 0 atom stereocenters. The van der Waals surface area contributed by atoms with Crippen molar-refractivity contribution in [3.63, 3.8) is 0 Å². The van der Waals surface area contributed by atoms with Crippen molar-refractivity contribution < 1.29 is 47.4 Å². The summed E-state index contributed by atoms with van der Waals surface area (Å²) in [6.45, 7) is 12.1. The molecule has 2 aliphatic heterocycles. The maximum absolute atomic E-state index is 5.91. The Bertz CT molecular complexity index is 980. The molecule has 0 spiro atoms. The van der Waals surface area contributed by atoms with Gasteiger partial charge in [-0.25, -0.2) is 0 Å². The highest BCUT2D eigenvalue weighted by Crippen LogP contribution is 2.21. The third-order valence-electron chi connectivity index (χ3n) is 7.21. The standard InChI is InChI=1S/C33H53N5O10/c1-2-4-30(5-3-1)31-34-32(37-6-10-39-14-18-43-22-26-47-27-23-44-19-15-40-11-7-37)36-33(35-31)38-8-12-41-16-20-45-24-28-48-29-25-46-21-17-42-13-9-38/h1-5H,6-29H2. The largest absolute Gasteiger partial charge is 0.377 e. The molecule has 0 amide bonds. The molecule has 0 N–H and O–H groups in total. The quantitative estimate of drug-likeness (QED) is 0.461. The highest BCUT2D eigenvalue weighted by Gasteiger charge is 2.19. The zero-order valence-corrected chi connectivity index (χ0v) is 28.2. The third kappa shape index (κ3) is 16.2. The van der Waals surface area contributed by atoms with Crippen LogP contribution in [0.15, 0.2) is 30.3 Å². The van der Waals surface area contributed by atoms with Crippen molar-refractivity contribution in [3.8, 4) is 11.4 Å². The Morgan fingerprint density at radius 1 is 0.333 bits per heavy atom. The Hall–Kier alpha value is -2.57. The van der Waals surface area contributed by atoms with E-state index in [1.807, 2.05) is 30.3 Å². The Morgan fingerprint density at radius 2 is 0.604 bits per heavy atom. The van der Waals surface area contributed by atoms with E-state index in [4.69, 9.17) is 62.3 Å². The van der Waals surface area contributed by atoms with Crippen molar-refractivity contribution in [1.29, 1.82) is 0 Å². The molecule has 2 saturated heterocycles. The average Bonchev–Trinajstić information content (AvgIpc) is 3.11. The Kier molecular flexibility index (Phi) is 20.2. The zero-order valence-electron chi connectivity index (χ0n) is 28.2. The fourth-order valence-corrected chi connectivity index (χ4v) is 4.64. The summed E-state index contributed by atoms with van der Waals surface area (Å²) in [7, 11) is 0. The summed E-state index contributed by atoms with van der Waals surface area (Å²) in [6.07, 6.45) is 0. The molecule has 0 radical (unpaired) electrons. The van der Waals surface area contributed by atoms with Gasteiger partial charge in [0.25, 0.3) is 0 Å². The van der Waals surface area contributed by atoms with E-state index in [0.717, 1.165) is 5.56 Å². The van der Waals surface area contributed by atoms with Crippen LogP contribution in [-0.4, -0.2) is 173 Å². The average molecular weight is 680 g/mol. The van der Waals surface area contributed by atoms with Gasteiger partial charge in [0.05, 0.1) is 132 Å². The first-order valence-electron chi connectivity index (χ1n) is 17.0. The van der Waals surface area contributed by atoms with E-state index in [-0.39, 0.29) is 0 Å². The third-order valence-corrected chi connectivity index (χ3v) is 7.21. The van der Waals surface area contributed by atoms with Crippen LogP contribution in [0.2, 0.25) is 0 Å². The number of rotatable bonds is 3. The second kappa shape index (κ2) is 25.4. The lowest BCUT2D eigenvalue weighted by Crippen LogP contribution is -2.36. The number of hydrogen-bond acceptors (Lipinski definition) is 15. The van der Waals surface area contributed by atoms with Crippen LogP contribution in [0.3, 0.4) is 0 Å². The number of anilines is 2. The van der Waals surface area contributed by atoms with Crippen molar-refractivity contribution in [2.45, 2.75) is 0 Å². The molecular formula is C33H53N5O10. The lowest BCUT2D eigenvalue weighted by Gasteiger charge is -2.27. The van der Waals surface area contributed by atoms with Gasteiger partial charge in [-0.05, 0) is 0 Å². The number of ether oxygens (including phenoxy) is 10. The van der Waals surface area contributed by atoms with Crippen LogP contribution in [0, 0.1) is 0 Å². The molecule has 15 heteroatoms. The molecule has 2 fully saturated rings. The van der Waals surface area contributed by atoms with Crippen molar-refractivity contribution >= 4 is 11.9 Å². The van der Waals surface area contributed by atoms with Crippen molar-refractivity contribution in [2.75, 3.05) is 168 Å². The predicted octanol–water partition coefficient (Wildman–Crippen LogP) is 1.34. The van der Waals surface area contributed by atoms with E-state index >= 15 is 0 Å². The summed E-state index contributed by atoms with van der Waals surface area (Å²) >= 11 is 0. The molecule has 1 aromatic carbocycles. The maximum atomic E-state index is 5.91. The first kappa shape index (κ1) is 38.2. The monoisotopic (exact) mass is 679 g/mol. The van der Waals surface area contributed by atoms with E-state index in [2.05, 4.69) is 9.80 Å². The number of benzene rings is 1. The van der Waals surface area contributed by atoms with Gasteiger partial charge in [0.15, 0.2) is 5.82 Å². The van der Waals surface area contributed by atoms with Gasteiger partial charge in [-0.3, -0.25) is 0 Å². The molecule has 15 nitrogen and oxygen atoms in total. The Balaban J connectivity index is 1.50. The molecule has 0 aliphatic carbocycles. The minimum atomic E-state index is 0.465. The second-order valence-electron chi connectivity index (χ2n) is 10.7. The summed E-state index contributed by atoms with van der Waals surface area (Å²) < 4.78 is 57.2. The molecule has 270 valence electrons. The van der Waals surface area contributed by atoms with Gasteiger partial charge >= 0.3 is 0 Å². The molecule has 2 aromatic rings. The molecule has 2 aliphatic rings. The van der Waals surface area contributed by atoms with Crippen LogP contribution in [0.5, 0.6) is 0 Å². The van der Waals surface area contributed by atoms with Gasteiger partial charge in [0.1, 0.15) is 0 Å². The first-order valence-corrected chi connectivity index (χ1v) is 17.0. The van der Waals surface area contributed by atoms with Crippen LogP contribution in [0.1, 0.15) is 0 Å². The summed E-state index contributed by atoms with van der Waals surface area (Å²) in [5.41, 5.74) is 0.890. The molecule has 1 aromatic heterocycles. The van der Waals surface area contributed by atoms with Crippen LogP contribution in [-0.2, 0) is 47.4 Å². The van der Waals surface area contributed by atoms with Crippen molar-refractivity contribution in [2.24, 2.45) is 0 Å². The molecule has 3 heterocycles. The summed E-state index contributed by atoms with van der Waals surface area (Å²) in [6, 6.07) is 9.91. The second-order valence-corrected chi connectivity index (χ2v) is 10.7. The normalized spacial score (nSPS) is 21.3. The lowest BCUT2D eigenvalue weighted by atomic mass is 10.2. The van der Waals surface area contributed by atoms with E-state index in [1.54, 1.807) is 0 Å². The van der Waals surface area contributed by atoms with E-state index in [1.165, 1.54) is 0 Å². The minimum absolute atomic E-state index is 0.465. The van der Waals surface area contributed by atoms with Gasteiger partial charge in [0.2, 0.25) is 11.9 Å². The predicted molar refractivity (Wildman–Crippen MR) is 178 cm³/mol. The van der Waals surface area contributed by atoms with Gasteiger partial charge in [-0.15, -0.1) is 0 Å². The number of hydrogen-bond donors (Lipinski definition) is 0. The molecule has 0 saturated carbocycles. The fraction of sp³-hybridized carbons (Fsp3) is 0.727. The summed E-state index contributed by atoms with van der Waals surface area (Å²) in [4.78, 5) is 19.0. The van der Waals surface area contributed by atoms with E-state index < -0.39 is 0 Å². The molecular weight excluding hydrogens is 626 g/mol. The van der Waals surface area contributed by atoms with E-state index in [0.29, 0.717) is 176 Å². The Labute approximate surface area is 284 Å².